The third-order valence-electron chi connectivity index (χ3n) is 3.91. The first-order valence-corrected chi connectivity index (χ1v) is 8.44. The lowest BCUT2D eigenvalue weighted by molar-refractivity contribution is 0.0593. The Balaban J connectivity index is 1.69. The van der Waals surface area contributed by atoms with Crippen LogP contribution in [0, 0.1) is 0 Å². The predicted octanol–water partition coefficient (Wildman–Crippen LogP) is 3.94. The van der Waals surface area contributed by atoms with Crippen LogP contribution in [0.3, 0.4) is 0 Å². The molecule has 0 heterocycles. The van der Waals surface area contributed by atoms with Gasteiger partial charge in [0.1, 0.15) is 11.3 Å². The summed E-state index contributed by atoms with van der Waals surface area (Å²) in [5, 5.41) is 2.75. The number of nitrogens with one attached hydrogen (secondary N) is 1. The van der Waals surface area contributed by atoms with Crippen LogP contribution < -0.4 is 10.1 Å². The van der Waals surface area contributed by atoms with E-state index in [4.69, 9.17) is 4.74 Å². The SMILES string of the molecule is COC(=O)c1ccccc1OC(=O)c1ccc(NC(=O)c2ccccc2)cc1. The van der Waals surface area contributed by atoms with Crippen LogP contribution in [0.15, 0.2) is 78.9 Å². The Kier molecular flexibility index (Phi) is 5.81. The van der Waals surface area contributed by atoms with Crippen molar-refractivity contribution in [1.82, 2.24) is 0 Å². The minimum absolute atomic E-state index is 0.112. The van der Waals surface area contributed by atoms with Crippen LogP contribution in [-0.4, -0.2) is 25.0 Å². The summed E-state index contributed by atoms with van der Waals surface area (Å²) in [5.74, 6) is -1.36. The monoisotopic (exact) mass is 375 g/mol. The lowest BCUT2D eigenvalue weighted by atomic mass is 10.1. The average molecular weight is 375 g/mol. The van der Waals surface area contributed by atoms with Crippen LogP contribution in [0.4, 0.5) is 5.69 Å². The molecule has 3 rings (SSSR count). The maximum atomic E-state index is 12.4. The van der Waals surface area contributed by atoms with E-state index in [0.717, 1.165) is 0 Å². The minimum atomic E-state index is -0.628. The van der Waals surface area contributed by atoms with Crippen molar-refractivity contribution >= 4 is 23.5 Å². The van der Waals surface area contributed by atoms with Gasteiger partial charge in [0.05, 0.1) is 12.7 Å². The van der Waals surface area contributed by atoms with Crippen LogP contribution in [0.1, 0.15) is 31.1 Å². The molecular weight excluding hydrogens is 358 g/mol. The van der Waals surface area contributed by atoms with Crippen molar-refractivity contribution in [2.75, 3.05) is 12.4 Å². The largest absolute Gasteiger partial charge is 0.465 e. The third kappa shape index (κ3) is 4.42. The molecule has 28 heavy (non-hydrogen) atoms. The molecule has 0 fully saturated rings. The van der Waals surface area contributed by atoms with E-state index < -0.39 is 11.9 Å². The zero-order chi connectivity index (χ0) is 19.9. The highest BCUT2D eigenvalue weighted by Crippen LogP contribution is 2.21. The lowest BCUT2D eigenvalue weighted by Gasteiger charge is -2.09. The molecule has 0 aliphatic carbocycles. The van der Waals surface area contributed by atoms with E-state index in [-0.39, 0.29) is 22.8 Å². The van der Waals surface area contributed by atoms with Gasteiger partial charge in [-0.15, -0.1) is 0 Å². The number of rotatable bonds is 5. The summed E-state index contributed by atoms with van der Waals surface area (Å²) in [6.45, 7) is 0. The first-order chi connectivity index (χ1) is 13.6. The number of para-hydroxylation sites is 1. The van der Waals surface area contributed by atoms with Gasteiger partial charge in [-0.1, -0.05) is 30.3 Å². The molecule has 0 radical (unpaired) electrons. The van der Waals surface area contributed by atoms with E-state index >= 15 is 0 Å². The van der Waals surface area contributed by atoms with Crippen molar-refractivity contribution in [1.29, 1.82) is 0 Å². The van der Waals surface area contributed by atoms with Crippen LogP contribution >= 0.6 is 0 Å². The zero-order valence-electron chi connectivity index (χ0n) is 15.0. The van der Waals surface area contributed by atoms with Crippen LogP contribution in [0.25, 0.3) is 0 Å². The predicted molar refractivity (Wildman–Crippen MR) is 104 cm³/mol. The summed E-state index contributed by atoms with van der Waals surface area (Å²) in [6, 6.07) is 21.4. The Morgan fingerprint density at radius 1 is 0.714 bits per heavy atom. The molecule has 3 aromatic rings. The molecule has 0 bridgehead atoms. The molecule has 0 aliphatic heterocycles. The van der Waals surface area contributed by atoms with Crippen molar-refractivity contribution in [2.24, 2.45) is 0 Å². The Morgan fingerprint density at radius 2 is 1.36 bits per heavy atom. The second-order valence-corrected chi connectivity index (χ2v) is 5.77. The standard InChI is InChI=1S/C22H17NO5/c1-27-22(26)18-9-5-6-10-19(18)28-21(25)16-11-13-17(14-12-16)23-20(24)15-7-3-2-4-8-15/h2-14H,1H3,(H,23,24). The quantitative estimate of drug-likeness (QED) is 0.539. The van der Waals surface area contributed by atoms with Gasteiger partial charge in [-0.25, -0.2) is 9.59 Å². The first kappa shape index (κ1) is 18.8. The number of carbonyl (C=O) groups excluding carboxylic acids is 3. The normalized spacial score (nSPS) is 10.0. The number of esters is 2. The molecule has 3 aromatic carbocycles. The topological polar surface area (TPSA) is 81.7 Å². The van der Waals surface area contributed by atoms with Crippen molar-refractivity contribution in [2.45, 2.75) is 0 Å². The molecule has 1 N–H and O–H groups in total. The van der Waals surface area contributed by atoms with E-state index in [9.17, 15) is 14.4 Å². The first-order valence-electron chi connectivity index (χ1n) is 8.44. The highest BCUT2D eigenvalue weighted by Gasteiger charge is 2.16. The van der Waals surface area contributed by atoms with Gasteiger partial charge in [0.15, 0.2) is 0 Å². The molecule has 140 valence electrons. The fraction of sp³-hybridized carbons (Fsp3) is 0.0455. The Morgan fingerprint density at radius 3 is 2.04 bits per heavy atom. The summed E-state index contributed by atoms with van der Waals surface area (Å²) < 4.78 is 10.0. The summed E-state index contributed by atoms with van der Waals surface area (Å²) in [7, 11) is 1.25. The van der Waals surface area contributed by atoms with Gasteiger partial charge in [0.2, 0.25) is 0 Å². The third-order valence-corrected chi connectivity index (χ3v) is 3.91. The highest BCUT2D eigenvalue weighted by atomic mass is 16.5. The number of benzene rings is 3. The van der Waals surface area contributed by atoms with Gasteiger partial charge in [-0.2, -0.15) is 0 Å². The number of anilines is 1. The molecule has 0 atom stereocenters. The summed E-state index contributed by atoms with van der Waals surface area (Å²) >= 11 is 0. The number of hydrogen-bond donors (Lipinski definition) is 1. The van der Waals surface area contributed by atoms with Gasteiger partial charge >= 0.3 is 11.9 Å². The van der Waals surface area contributed by atoms with E-state index in [1.807, 2.05) is 6.07 Å². The summed E-state index contributed by atoms with van der Waals surface area (Å²) in [4.78, 5) is 36.3. The number of ether oxygens (including phenoxy) is 2. The van der Waals surface area contributed by atoms with E-state index in [2.05, 4.69) is 10.1 Å². The fourth-order valence-electron chi connectivity index (χ4n) is 2.48. The zero-order valence-corrected chi connectivity index (χ0v) is 15.0. The molecule has 0 unspecified atom stereocenters. The smallest absolute Gasteiger partial charge is 0.343 e. The molecule has 1 amide bonds. The van der Waals surface area contributed by atoms with E-state index in [0.29, 0.717) is 11.3 Å². The fourth-order valence-corrected chi connectivity index (χ4v) is 2.48. The van der Waals surface area contributed by atoms with E-state index in [1.165, 1.54) is 31.4 Å². The van der Waals surface area contributed by atoms with Gasteiger partial charge in [-0.3, -0.25) is 4.79 Å². The van der Waals surface area contributed by atoms with Gasteiger partial charge < -0.3 is 14.8 Å². The van der Waals surface area contributed by atoms with Crippen molar-refractivity contribution in [3.63, 3.8) is 0 Å². The molecule has 0 saturated heterocycles. The van der Waals surface area contributed by atoms with Gasteiger partial charge in [0.25, 0.3) is 5.91 Å². The van der Waals surface area contributed by atoms with Crippen molar-refractivity contribution in [3.8, 4) is 5.75 Å². The van der Waals surface area contributed by atoms with Crippen LogP contribution in [0.2, 0.25) is 0 Å². The maximum absolute atomic E-state index is 12.4. The molecule has 0 aliphatic rings. The molecule has 6 nitrogen and oxygen atoms in total. The summed E-state index contributed by atoms with van der Waals surface area (Å²) in [6.07, 6.45) is 0. The Bertz CT molecular complexity index is 997. The second kappa shape index (κ2) is 8.64. The number of methoxy groups -OCH3 is 1. The van der Waals surface area contributed by atoms with Gasteiger partial charge in [0, 0.05) is 11.3 Å². The maximum Gasteiger partial charge on any atom is 0.343 e. The minimum Gasteiger partial charge on any atom is -0.465 e. The Labute approximate surface area is 161 Å². The van der Waals surface area contributed by atoms with E-state index in [1.54, 1.807) is 48.5 Å². The summed E-state index contributed by atoms with van der Waals surface area (Å²) in [5.41, 5.74) is 1.51. The van der Waals surface area contributed by atoms with Gasteiger partial charge in [-0.05, 0) is 48.5 Å². The average Bonchev–Trinajstić information content (AvgIpc) is 2.74. The van der Waals surface area contributed by atoms with Crippen molar-refractivity contribution < 1.29 is 23.9 Å². The van der Waals surface area contributed by atoms with Crippen molar-refractivity contribution in [3.05, 3.63) is 95.6 Å². The number of carbonyl (C=O) groups is 3. The molecule has 0 aromatic heterocycles. The number of hydrogen-bond acceptors (Lipinski definition) is 5. The number of amides is 1. The molecule has 0 spiro atoms. The van der Waals surface area contributed by atoms with Crippen LogP contribution in [-0.2, 0) is 4.74 Å². The highest BCUT2D eigenvalue weighted by molar-refractivity contribution is 6.04. The molecule has 6 heteroatoms. The Hall–Kier alpha value is -3.93. The van der Waals surface area contributed by atoms with Crippen LogP contribution in [0.5, 0.6) is 5.75 Å². The molecular formula is C22H17NO5. The lowest BCUT2D eigenvalue weighted by Crippen LogP contribution is -2.13. The molecule has 0 saturated carbocycles. The second-order valence-electron chi connectivity index (χ2n) is 5.77.